The molecule has 10 heteroatoms. The van der Waals surface area contributed by atoms with E-state index in [1.807, 2.05) is 6.26 Å². The van der Waals surface area contributed by atoms with Crippen molar-refractivity contribution in [2.24, 2.45) is 0 Å². The molecular weight excluding hydrogens is 479 g/mol. The van der Waals surface area contributed by atoms with E-state index < -0.39 is 11.9 Å². The molecule has 0 aliphatic heterocycles. The fraction of sp³-hybridized carbons (Fsp3) is 0.368. The Morgan fingerprint density at radius 2 is 1.97 bits per heavy atom. The van der Waals surface area contributed by atoms with Gasteiger partial charge in [-0.05, 0) is 65.0 Å². The minimum absolute atomic E-state index is 0.183. The molecule has 0 aliphatic carbocycles. The molecule has 0 unspecified atom stereocenters. The van der Waals surface area contributed by atoms with Gasteiger partial charge in [0.2, 0.25) is 5.91 Å². The summed E-state index contributed by atoms with van der Waals surface area (Å²) in [5, 5.41) is 5.98. The van der Waals surface area contributed by atoms with Gasteiger partial charge in [0.05, 0.1) is 4.47 Å². The van der Waals surface area contributed by atoms with Gasteiger partial charge in [-0.1, -0.05) is 18.7 Å². The van der Waals surface area contributed by atoms with Crippen molar-refractivity contribution in [3.8, 4) is 0 Å². The molecule has 6 nitrogen and oxygen atoms in total. The van der Waals surface area contributed by atoms with Crippen LogP contribution in [0.3, 0.4) is 0 Å². The van der Waals surface area contributed by atoms with Crippen molar-refractivity contribution in [3.05, 3.63) is 46.4 Å². The molecule has 0 fully saturated rings. The molecule has 1 aromatic heterocycles. The van der Waals surface area contributed by atoms with Gasteiger partial charge in [0.15, 0.2) is 5.16 Å². The number of rotatable bonds is 10. The van der Waals surface area contributed by atoms with Crippen LogP contribution in [0.2, 0.25) is 0 Å². The SMILES string of the molecule is CCCSc1ncc(Br)c(C(=O)N[C@H](CCSC)C(=O)Nc2ccc(F)cc2)n1. The van der Waals surface area contributed by atoms with Crippen molar-refractivity contribution >= 4 is 57.0 Å². The Balaban J connectivity index is 2.13. The number of hydrogen-bond acceptors (Lipinski definition) is 6. The molecule has 0 spiro atoms. The topological polar surface area (TPSA) is 84.0 Å². The lowest BCUT2D eigenvalue weighted by Crippen LogP contribution is -2.44. The van der Waals surface area contributed by atoms with Crippen LogP contribution in [0.15, 0.2) is 40.1 Å². The highest BCUT2D eigenvalue weighted by molar-refractivity contribution is 9.10. The summed E-state index contributed by atoms with van der Waals surface area (Å²) in [6.45, 7) is 2.05. The van der Waals surface area contributed by atoms with E-state index in [0.29, 0.717) is 27.5 Å². The number of halogens is 2. The number of thioether (sulfide) groups is 2. The Morgan fingerprint density at radius 3 is 2.62 bits per heavy atom. The summed E-state index contributed by atoms with van der Waals surface area (Å²) in [4.78, 5) is 34.0. The van der Waals surface area contributed by atoms with E-state index in [4.69, 9.17) is 0 Å². The molecule has 1 atom stereocenters. The fourth-order valence-electron chi connectivity index (χ4n) is 2.27. The van der Waals surface area contributed by atoms with Crippen molar-refractivity contribution < 1.29 is 14.0 Å². The van der Waals surface area contributed by atoms with E-state index in [0.717, 1.165) is 12.2 Å². The fourth-order valence-corrected chi connectivity index (χ4v) is 3.78. The van der Waals surface area contributed by atoms with Crippen molar-refractivity contribution in [1.82, 2.24) is 15.3 Å². The Bertz CT molecular complexity index is 839. The van der Waals surface area contributed by atoms with E-state index in [-0.39, 0.29) is 17.4 Å². The van der Waals surface area contributed by atoms with Crippen LogP contribution in [0.25, 0.3) is 0 Å². The van der Waals surface area contributed by atoms with E-state index in [9.17, 15) is 14.0 Å². The number of benzene rings is 1. The molecule has 2 amide bonds. The standard InChI is InChI=1S/C19H22BrFN4O2S2/c1-3-9-29-19-22-11-14(20)16(25-19)18(27)24-15(8-10-28-2)17(26)23-13-6-4-12(21)5-7-13/h4-7,11,15H,3,8-10H2,1-2H3,(H,23,26)(H,24,27)/t15-/m1/s1. The lowest BCUT2D eigenvalue weighted by molar-refractivity contribution is -0.118. The van der Waals surface area contributed by atoms with Crippen molar-refractivity contribution in [2.45, 2.75) is 31.0 Å². The van der Waals surface area contributed by atoms with E-state index in [1.54, 1.807) is 11.8 Å². The van der Waals surface area contributed by atoms with E-state index >= 15 is 0 Å². The first-order valence-corrected chi connectivity index (χ1v) is 12.1. The molecule has 0 saturated carbocycles. The highest BCUT2D eigenvalue weighted by Crippen LogP contribution is 2.20. The van der Waals surface area contributed by atoms with Gasteiger partial charge in [0.1, 0.15) is 17.6 Å². The number of carbonyl (C=O) groups excluding carboxylic acids is 2. The van der Waals surface area contributed by atoms with Crippen LogP contribution in [-0.4, -0.2) is 45.6 Å². The number of nitrogens with zero attached hydrogens (tertiary/aromatic N) is 2. The smallest absolute Gasteiger partial charge is 0.271 e. The van der Waals surface area contributed by atoms with Crippen LogP contribution in [0.4, 0.5) is 10.1 Å². The van der Waals surface area contributed by atoms with Gasteiger partial charge >= 0.3 is 0 Å². The van der Waals surface area contributed by atoms with Crippen LogP contribution in [-0.2, 0) is 4.79 Å². The molecule has 29 heavy (non-hydrogen) atoms. The minimum Gasteiger partial charge on any atom is -0.339 e. The first kappa shape index (κ1) is 23.6. The Kier molecular flexibility index (Phi) is 9.89. The monoisotopic (exact) mass is 500 g/mol. The maximum absolute atomic E-state index is 13.1. The van der Waals surface area contributed by atoms with Crippen molar-refractivity contribution in [2.75, 3.05) is 23.1 Å². The molecule has 156 valence electrons. The maximum atomic E-state index is 13.1. The van der Waals surface area contributed by atoms with E-state index in [1.165, 1.54) is 42.2 Å². The average molecular weight is 501 g/mol. The summed E-state index contributed by atoms with van der Waals surface area (Å²) < 4.78 is 13.5. The predicted molar refractivity (Wildman–Crippen MR) is 120 cm³/mol. The summed E-state index contributed by atoms with van der Waals surface area (Å²) in [5.41, 5.74) is 0.642. The zero-order valence-corrected chi connectivity index (χ0v) is 19.3. The van der Waals surface area contributed by atoms with Gasteiger partial charge < -0.3 is 10.6 Å². The molecule has 2 rings (SSSR count). The van der Waals surface area contributed by atoms with Gasteiger partial charge in [-0.25, -0.2) is 14.4 Å². The van der Waals surface area contributed by atoms with E-state index in [2.05, 4.69) is 43.5 Å². The van der Waals surface area contributed by atoms with Gasteiger partial charge in [0, 0.05) is 17.6 Å². The number of amides is 2. The zero-order chi connectivity index (χ0) is 21.2. The molecule has 0 aliphatic rings. The quantitative estimate of drug-likeness (QED) is 0.372. The number of nitrogens with one attached hydrogen (secondary N) is 2. The summed E-state index contributed by atoms with van der Waals surface area (Å²) in [7, 11) is 0. The normalized spacial score (nSPS) is 11.7. The third-order valence-electron chi connectivity index (χ3n) is 3.72. The summed E-state index contributed by atoms with van der Waals surface area (Å²) >= 11 is 6.34. The number of aromatic nitrogens is 2. The molecule has 2 N–H and O–H groups in total. The van der Waals surface area contributed by atoms with Gasteiger partial charge in [-0.15, -0.1) is 0 Å². The average Bonchev–Trinajstić information content (AvgIpc) is 2.71. The summed E-state index contributed by atoms with van der Waals surface area (Å²) in [5.74, 6) is 0.312. The third-order valence-corrected chi connectivity index (χ3v) is 6.01. The highest BCUT2D eigenvalue weighted by Gasteiger charge is 2.23. The molecule has 0 bridgehead atoms. The predicted octanol–water partition coefficient (Wildman–Crippen LogP) is 4.37. The Labute approximate surface area is 186 Å². The number of hydrogen-bond donors (Lipinski definition) is 2. The van der Waals surface area contributed by atoms with Crippen LogP contribution >= 0.6 is 39.5 Å². The molecule has 2 aromatic rings. The Hall–Kier alpha value is -1.65. The first-order chi connectivity index (χ1) is 13.9. The molecule has 0 saturated heterocycles. The maximum Gasteiger partial charge on any atom is 0.271 e. The van der Waals surface area contributed by atoms with Crippen LogP contribution in [0.5, 0.6) is 0 Å². The van der Waals surface area contributed by atoms with Crippen LogP contribution < -0.4 is 10.6 Å². The van der Waals surface area contributed by atoms with Crippen molar-refractivity contribution in [3.63, 3.8) is 0 Å². The largest absolute Gasteiger partial charge is 0.339 e. The molecule has 1 heterocycles. The number of anilines is 1. The minimum atomic E-state index is -0.756. The second-order valence-corrected chi connectivity index (χ2v) is 8.90. The second-order valence-electron chi connectivity index (χ2n) is 6.00. The molecule has 0 radical (unpaired) electrons. The van der Waals surface area contributed by atoms with Gasteiger partial charge in [-0.3, -0.25) is 9.59 Å². The van der Waals surface area contributed by atoms with Crippen LogP contribution in [0.1, 0.15) is 30.3 Å². The summed E-state index contributed by atoms with van der Waals surface area (Å²) in [6.07, 6.45) is 4.87. The Morgan fingerprint density at radius 1 is 1.24 bits per heavy atom. The first-order valence-electron chi connectivity index (χ1n) is 8.96. The van der Waals surface area contributed by atoms with Crippen molar-refractivity contribution in [1.29, 1.82) is 0 Å². The zero-order valence-electron chi connectivity index (χ0n) is 16.1. The third kappa shape index (κ3) is 7.60. The van der Waals surface area contributed by atoms with Gasteiger partial charge in [-0.2, -0.15) is 11.8 Å². The summed E-state index contributed by atoms with van der Waals surface area (Å²) in [6, 6.07) is 4.71. The highest BCUT2D eigenvalue weighted by atomic mass is 79.9. The molecule has 1 aromatic carbocycles. The lowest BCUT2D eigenvalue weighted by Gasteiger charge is -2.18. The lowest BCUT2D eigenvalue weighted by atomic mass is 10.2. The molecular formula is C19H22BrFN4O2S2. The number of carbonyl (C=O) groups is 2. The second kappa shape index (κ2) is 12.1. The van der Waals surface area contributed by atoms with Gasteiger partial charge in [0.25, 0.3) is 5.91 Å². The van der Waals surface area contributed by atoms with Crippen LogP contribution in [0, 0.1) is 5.82 Å².